The summed E-state index contributed by atoms with van der Waals surface area (Å²) in [5, 5.41) is 9.80. The maximum atomic E-state index is 9.80. The third-order valence-electron chi connectivity index (χ3n) is 3.27. The SMILES string of the molecule is CC(C)C(O)CCc1cccc2c1OCC2. The van der Waals surface area contributed by atoms with Gasteiger partial charge in [-0.15, -0.1) is 0 Å². The summed E-state index contributed by atoms with van der Waals surface area (Å²) in [6, 6.07) is 6.33. The van der Waals surface area contributed by atoms with Crippen molar-refractivity contribution < 1.29 is 9.84 Å². The molecule has 0 radical (unpaired) electrons. The van der Waals surface area contributed by atoms with Crippen molar-refractivity contribution in [3.05, 3.63) is 29.3 Å². The van der Waals surface area contributed by atoms with Crippen LogP contribution in [0.1, 0.15) is 31.4 Å². The first kappa shape index (κ1) is 11.5. The van der Waals surface area contributed by atoms with E-state index < -0.39 is 0 Å². The lowest BCUT2D eigenvalue weighted by Gasteiger charge is -2.15. The van der Waals surface area contributed by atoms with Gasteiger partial charge in [0.2, 0.25) is 0 Å². The minimum atomic E-state index is -0.211. The highest BCUT2D eigenvalue weighted by molar-refractivity contribution is 5.44. The molecule has 0 saturated carbocycles. The molecule has 1 atom stereocenters. The first-order chi connectivity index (χ1) is 7.68. The van der Waals surface area contributed by atoms with Crippen molar-refractivity contribution in [3.8, 4) is 5.75 Å². The Morgan fingerprint density at radius 3 is 2.94 bits per heavy atom. The fourth-order valence-corrected chi connectivity index (χ4v) is 2.12. The van der Waals surface area contributed by atoms with Crippen LogP contribution in [0.15, 0.2) is 18.2 Å². The van der Waals surface area contributed by atoms with Gasteiger partial charge in [-0.1, -0.05) is 32.0 Å². The molecule has 1 aromatic carbocycles. The molecule has 1 unspecified atom stereocenters. The molecule has 0 aromatic heterocycles. The van der Waals surface area contributed by atoms with Crippen molar-refractivity contribution in [1.82, 2.24) is 0 Å². The minimum Gasteiger partial charge on any atom is -0.493 e. The molecule has 0 spiro atoms. The van der Waals surface area contributed by atoms with E-state index in [9.17, 15) is 5.11 Å². The van der Waals surface area contributed by atoms with Gasteiger partial charge >= 0.3 is 0 Å². The number of fused-ring (bicyclic) bond motifs is 1. The van der Waals surface area contributed by atoms with E-state index in [1.807, 2.05) is 0 Å². The van der Waals surface area contributed by atoms with Crippen LogP contribution in [0.4, 0.5) is 0 Å². The first-order valence-corrected chi connectivity index (χ1v) is 6.10. The number of aliphatic hydroxyl groups is 1. The topological polar surface area (TPSA) is 29.5 Å². The predicted octanol–water partition coefficient (Wildman–Crippen LogP) is 2.57. The molecular weight excluding hydrogens is 200 g/mol. The van der Waals surface area contributed by atoms with Gasteiger partial charge in [0, 0.05) is 6.42 Å². The minimum absolute atomic E-state index is 0.211. The zero-order valence-corrected chi connectivity index (χ0v) is 10.1. The van der Waals surface area contributed by atoms with Crippen molar-refractivity contribution in [2.45, 2.75) is 39.2 Å². The zero-order valence-electron chi connectivity index (χ0n) is 10.1. The Hall–Kier alpha value is -1.02. The maximum Gasteiger partial charge on any atom is 0.125 e. The average Bonchev–Trinajstić information content (AvgIpc) is 2.73. The largest absolute Gasteiger partial charge is 0.493 e. The fourth-order valence-electron chi connectivity index (χ4n) is 2.12. The molecular formula is C14H20O2. The molecule has 1 aliphatic heterocycles. The molecule has 0 fully saturated rings. The van der Waals surface area contributed by atoms with Gasteiger partial charge in [0.15, 0.2) is 0 Å². The molecule has 1 N–H and O–H groups in total. The Kier molecular flexibility index (Phi) is 3.49. The normalized spacial score (nSPS) is 16.0. The van der Waals surface area contributed by atoms with E-state index in [-0.39, 0.29) is 6.10 Å². The van der Waals surface area contributed by atoms with Crippen LogP contribution in [0.2, 0.25) is 0 Å². The van der Waals surface area contributed by atoms with Crippen LogP contribution in [0.3, 0.4) is 0 Å². The van der Waals surface area contributed by atoms with Gasteiger partial charge in [0.1, 0.15) is 5.75 Å². The first-order valence-electron chi connectivity index (χ1n) is 6.10. The van der Waals surface area contributed by atoms with Gasteiger partial charge in [-0.05, 0) is 29.9 Å². The Morgan fingerprint density at radius 2 is 2.19 bits per heavy atom. The monoisotopic (exact) mass is 220 g/mol. The number of rotatable bonds is 4. The highest BCUT2D eigenvalue weighted by atomic mass is 16.5. The molecule has 2 nitrogen and oxygen atoms in total. The number of aryl methyl sites for hydroxylation is 1. The van der Waals surface area contributed by atoms with Gasteiger partial charge in [0.05, 0.1) is 12.7 Å². The second-order valence-corrected chi connectivity index (χ2v) is 4.85. The quantitative estimate of drug-likeness (QED) is 0.845. The Labute approximate surface area is 97.3 Å². The lowest BCUT2D eigenvalue weighted by Crippen LogP contribution is -2.15. The van der Waals surface area contributed by atoms with Gasteiger partial charge in [0.25, 0.3) is 0 Å². The lowest BCUT2D eigenvalue weighted by molar-refractivity contribution is 0.116. The van der Waals surface area contributed by atoms with E-state index >= 15 is 0 Å². The smallest absolute Gasteiger partial charge is 0.125 e. The predicted molar refractivity (Wildman–Crippen MR) is 64.8 cm³/mol. The molecule has 1 heterocycles. The second-order valence-electron chi connectivity index (χ2n) is 4.85. The van der Waals surface area contributed by atoms with Crippen molar-refractivity contribution in [2.24, 2.45) is 5.92 Å². The van der Waals surface area contributed by atoms with Gasteiger partial charge in [-0.25, -0.2) is 0 Å². The van der Waals surface area contributed by atoms with Crippen LogP contribution in [0, 0.1) is 5.92 Å². The highest BCUT2D eigenvalue weighted by Gasteiger charge is 2.17. The van der Waals surface area contributed by atoms with Crippen LogP contribution in [-0.2, 0) is 12.8 Å². The zero-order chi connectivity index (χ0) is 11.5. The van der Waals surface area contributed by atoms with E-state index in [1.165, 1.54) is 11.1 Å². The summed E-state index contributed by atoms with van der Waals surface area (Å²) < 4.78 is 5.64. The molecule has 0 aliphatic carbocycles. The average molecular weight is 220 g/mol. The molecule has 1 aliphatic rings. The van der Waals surface area contributed by atoms with Gasteiger partial charge < -0.3 is 9.84 Å². The summed E-state index contributed by atoms with van der Waals surface area (Å²) in [6.45, 7) is 4.91. The number of hydrogen-bond acceptors (Lipinski definition) is 2. The lowest BCUT2D eigenvalue weighted by atomic mass is 9.98. The summed E-state index contributed by atoms with van der Waals surface area (Å²) in [5.41, 5.74) is 2.56. The molecule has 0 bridgehead atoms. The van der Waals surface area contributed by atoms with E-state index in [1.54, 1.807) is 0 Å². The van der Waals surface area contributed by atoms with Crippen LogP contribution >= 0.6 is 0 Å². The summed E-state index contributed by atoms with van der Waals surface area (Å²) in [5.74, 6) is 1.40. The molecule has 16 heavy (non-hydrogen) atoms. The van der Waals surface area contributed by atoms with Crippen LogP contribution in [0.25, 0.3) is 0 Å². The second kappa shape index (κ2) is 4.88. The summed E-state index contributed by atoms with van der Waals surface area (Å²) in [4.78, 5) is 0. The van der Waals surface area contributed by atoms with Crippen molar-refractivity contribution in [2.75, 3.05) is 6.61 Å². The van der Waals surface area contributed by atoms with Crippen LogP contribution < -0.4 is 4.74 Å². The summed E-state index contributed by atoms with van der Waals surface area (Å²) in [6.07, 6.45) is 2.54. The third kappa shape index (κ3) is 2.38. The van der Waals surface area contributed by atoms with Crippen molar-refractivity contribution in [1.29, 1.82) is 0 Å². The molecule has 0 saturated heterocycles. The van der Waals surface area contributed by atoms with Crippen molar-refractivity contribution >= 4 is 0 Å². The number of para-hydroxylation sites is 1. The number of ether oxygens (including phenoxy) is 1. The van der Waals surface area contributed by atoms with Crippen LogP contribution in [-0.4, -0.2) is 17.8 Å². The number of aliphatic hydroxyl groups excluding tert-OH is 1. The van der Waals surface area contributed by atoms with E-state index in [0.29, 0.717) is 5.92 Å². The number of benzene rings is 1. The standard InChI is InChI=1S/C14H20O2/c1-10(2)13(15)7-6-11-4-3-5-12-8-9-16-14(11)12/h3-5,10,13,15H,6-9H2,1-2H3. The summed E-state index contributed by atoms with van der Waals surface area (Å²) in [7, 11) is 0. The molecule has 1 aromatic rings. The Balaban J connectivity index is 2.03. The molecule has 88 valence electrons. The Morgan fingerprint density at radius 1 is 1.38 bits per heavy atom. The molecule has 2 heteroatoms. The van der Waals surface area contributed by atoms with E-state index in [4.69, 9.17) is 4.74 Å². The molecule has 0 amide bonds. The van der Waals surface area contributed by atoms with Crippen molar-refractivity contribution in [3.63, 3.8) is 0 Å². The third-order valence-corrected chi connectivity index (χ3v) is 3.27. The summed E-state index contributed by atoms with van der Waals surface area (Å²) >= 11 is 0. The van der Waals surface area contributed by atoms with Gasteiger partial charge in [-0.2, -0.15) is 0 Å². The van der Waals surface area contributed by atoms with E-state index in [0.717, 1.165) is 31.6 Å². The fraction of sp³-hybridized carbons (Fsp3) is 0.571. The Bertz CT molecular complexity index is 358. The highest BCUT2D eigenvalue weighted by Crippen LogP contribution is 2.30. The van der Waals surface area contributed by atoms with Gasteiger partial charge in [-0.3, -0.25) is 0 Å². The van der Waals surface area contributed by atoms with E-state index in [2.05, 4.69) is 32.0 Å². The maximum absolute atomic E-state index is 9.80. The van der Waals surface area contributed by atoms with Crippen LogP contribution in [0.5, 0.6) is 5.75 Å². The number of hydrogen-bond donors (Lipinski definition) is 1. The molecule has 2 rings (SSSR count).